The second-order valence-electron chi connectivity index (χ2n) is 5.28. The quantitative estimate of drug-likeness (QED) is 0.809. The maximum absolute atomic E-state index is 5.94. The highest BCUT2D eigenvalue weighted by molar-refractivity contribution is 5.40. The van der Waals surface area contributed by atoms with E-state index in [1.165, 1.54) is 18.4 Å². The second-order valence-corrected chi connectivity index (χ2v) is 5.28. The number of hydrogen-bond donors (Lipinski definition) is 1. The molecule has 5 heteroatoms. The standard InChI is InChI=1S/C16H21N3O2/c1-20-15-5-2-13(11-18-14-3-4-14)16(10-15)21-9-8-19-7-6-17-12-19/h2,5-7,10,12,14,18H,3-4,8-9,11H2,1H3. The first-order valence-corrected chi connectivity index (χ1v) is 7.34. The molecule has 1 N–H and O–H groups in total. The van der Waals surface area contributed by atoms with Crippen LogP contribution in [-0.4, -0.2) is 29.3 Å². The Morgan fingerprint density at radius 2 is 2.29 bits per heavy atom. The van der Waals surface area contributed by atoms with Gasteiger partial charge in [-0.1, -0.05) is 6.07 Å². The molecule has 112 valence electrons. The van der Waals surface area contributed by atoms with E-state index in [2.05, 4.69) is 16.4 Å². The zero-order valence-corrected chi connectivity index (χ0v) is 12.3. The molecular weight excluding hydrogens is 266 g/mol. The molecule has 0 radical (unpaired) electrons. The molecule has 0 unspecified atom stereocenters. The monoisotopic (exact) mass is 287 g/mol. The highest BCUT2D eigenvalue weighted by atomic mass is 16.5. The lowest BCUT2D eigenvalue weighted by Gasteiger charge is -2.14. The Labute approximate surface area is 124 Å². The molecule has 1 fully saturated rings. The van der Waals surface area contributed by atoms with Crippen LogP contribution in [0.1, 0.15) is 18.4 Å². The molecule has 1 aliphatic carbocycles. The summed E-state index contributed by atoms with van der Waals surface area (Å²) in [5.74, 6) is 1.71. The van der Waals surface area contributed by atoms with Crippen molar-refractivity contribution in [3.05, 3.63) is 42.5 Å². The summed E-state index contributed by atoms with van der Waals surface area (Å²) in [6.45, 7) is 2.24. The van der Waals surface area contributed by atoms with E-state index in [-0.39, 0.29) is 0 Å². The van der Waals surface area contributed by atoms with Gasteiger partial charge in [-0.3, -0.25) is 0 Å². The average molecular weight is 287 g/mol. The number of hydrogen-bond acceptors (Lipinski definition) is 4. The third-order valence-corrected chi connectivity index (χ3v) is 3.60. The SMILES string of the molecule is COc1ccc(CNC2CC2)c(OCCn2ccnc2)c1. The summed E-state index contributed by atoms with van der Waals surface area (Å²) < 4.78 is 13.2. The van der Waals surface area contributed by atoms with E-state index in [1.54, 1.807) is 19.6 Å². The highest BCUT2D eigenvalue weighted by Crippen LogP contribution is 2.26. The topological polar surface area (TPSA) is 48.3 Å². The van der Waals surface area contributed by atoms with E-state index in [9.17, 15) is 0 Å². The summed E-state index contributed by atoms with van der Waals surface area (Å²) in [5, 5.41) is 3.52. The Hall–Kier alpha value is -2.01. The molecule has 1 saturated carbocycles. The number of benzene rings is 1. The number of nitrogens with zero attached hydrogens (tertiary/aromatic N) is 2. The summed E-state index contributed by atoms with van der Waals surface area (Å²) in [6, 6.07) is 6.69. The van der Waals surface area contributed by atoms with E-state index < -0.39 is 0 Å². The molecule has 1 aliphatic rings. The van der Waals surface area contributed by atoms with Crippen LogP contribution in [0.15, 0.2) is 36.9 Å². The molecule has 1 aromatic heterocycles. The summed E-state index contributed by atoms with van der Waals surface area (Å²) in [7, 11) is 1.67. The minimum Gasteiger partial charge on any atom is -0.497 e. The molecule has 0 atom stereocenters. The predicted molar refractivity (Wildman–Crippen MR) is 80.6 cm³/mol. The molecule has 0 spiro atoms. The first kappa shape index (κ1) is 13.9. The lowest BCUT2D eigenvalue weighted by molar-refractivity contribution is 0.292. The smallest absolute Gasteiger partial charge is 0.127 e. The van der Waals surface area contributed by atoms with E-state index in [1.807, 2.05) is 22.9 Å². The summed E-state index contributed by atoms with van der Waals surface area (Å²) >= 11 is 0. The molecule has 2 aromatic rings. The molecule has 1 aromatic carbocycles. The Balaban J connectivity index is 1.61. The molecule has 0 aliphatic heterocycles. The number of rotatable bonds is 8. The van der Waals surface area contributed by atoms with Gasteiger partial charge in [0.15, 0.2) is 0 Å². The van der Waals surface area contributed by atoms with Gasteiger partial charge in [0.25, 0.3) is 0 Å². The Kier molecular flexibility index (Phi) is 4.40. The van der Waals surface area contributed by atoms with Crippen LogP contribution in [0.2, 0.25) is 0 Å². The van der Waals surface area contributed by atoms with Crippen molar-refractivity contribution >= 4 is 0 Å². The molecule has 0 amide bonds. The van der Waals surface area contributed by atoms with Crippen molar-refractivity contribution in [2.24, 2.45) is 0 Å². The van der Waals surface area contributed by atoms with Crippen molar-refractivity contribution in [1.29, 1.82) is 0 Å². The summed E-state index contributed by atoms with van der Waals surface area (Å²) in [4.78, 5) is 4.03. The number of aromatic nitrogens is 2. The van der Waals surface area contributed by atoms with Crippen LogP contribution >= 0.6 is 0 Å². The van der Waals surface area contributed by atoms with Crippen molar-refractivity contribution in [3.8, 4) is 11.5 Å². The van der Waals surface area contributed by atoms with Crippen molar-refractivity contribution in [3.63, 3.8) is 0 Å². The van der Waals surface area contributed by atoms with Gasteiger partial charge < -0.3 is 19.4 Å². The van der Waals surface area contributed by atoms with Crippen LogP contribution in [0.3, 0.4) is 0 Å². The Bertz CT molecular complexity index is 565. The van der Waals surface area contributed by atoms with Crippen molar-refractivity contribution in [2.75, 3.05) is 13.7 Å². The van der Waals surface area contributed by atoms with Crippen LogP contribution in [0, 0.1) is 0 Å². The normalized spacial score (nSPS) is 14.1. The zero-order chi connectivity index (χ0) is 14.5. The zero-order valence-electron chi connectivity index (χ0n) is 12.3. The van der Waals surface area contributed by atoms with Crippen LogP contribution < -0.4 is 14.8 Å². The largest absolute Gasteiger partial charge is 0.497 e. The van der Waals surface area contributed by atoms with Crippen molar-refractivity contribution in [1.82, 2.24) is 14.9 Å². The molecule has 1 heterocycles. The molecular formula is C16H21N3O2. The predicted octanol–water partition coefficient (Wildman–Crippen LogP) is 2.22. The van der Waals surface area contributed by atoms with Crippen LogP contribution in [0.5, 0.6) is 11.5 Å². The first-order chi connectivity index (χ1) is 10.3. The third kappa shape index (κ3) is 3.98. The van der Waals surface area contributed by atoms with E-state index >= 15 is 0 Å². The number of imidazole rings is 1. The van der Waals surface area contributed by atoms with Crippen LogP contribution in [-0.2, 0) is 13.1 Å². The van der Waals surface area contributed by atoms with Gasteiger partial charge in [0.1, 0.15) is 18.1 Å². The highest BCUT2D eigenvalue weighted by Gasteiger charge is 2.20. The second kappa shape index (κ2) is 6.63. The van der Waals surface area contributed by atoms with Crippen LogP contribution in [0.25, 0.3) is 0 Å². The molecule has 21 heavy (non-hydrogen) atoms. The minimum atomic E-state index is 0.611. The molecule has 0 bridgehead atoms. The molecule has 3 rings (SSSR count). The molecule has 0 saturated heterocycles. The lowest BCUT2D eigenvalue weighted by Crippen LogP contribution is -2.16. The maximum atomic E-state index is 5.94. The molecule has 5 nitrogen and oxygen atoms in total. The van der Waals surface area contributed by atoms with Gasteiger partial charge in [0, 0.05) is 36.6 Å². The Morgan fingerprint density at radius 3 is 3.00 bits per heavy atom. The van der Waals surface area contributed by atoms with Gasteiger partial charge in [-0.25, -0.2) is 4.98 Å². The fraction of sp³-hybridized carbons (Fsp3) is 0.438. The van der Waals surface area contributed by atoms with Gasteiger partial charge in [0.05, 0.1) is 20.0 Å². The van der Waals surface area contributed by atoms with E-state index in [0.717, 1.165) is 24.6 Å². The maximum Gasteiger partial charge on any atom is 0.127 e. The van der Waals surface area contributed by atoms with Gasteiger partial charge in [-0.15, -0.1) is 0 Å². The van der Waals surface area contributed by atoms with Crippen molar-refractivity contribution in [2.45, 2.75) is 32.0 Å². The average Bonchev–Trinajstić information content (AvgIpc) is 3.20. The van der Waals surface area contributed by atoms with E-state index in [4.69, 9.17) is 9.47 Å². The summed E-state index contributed by atoms with van der Waals surface area (Å²) in [5.41, 5.74) is 1.17. The summed E-state index contributed by atoms with van der Waals surface area (Å²) in [6.07, 6.45) is 8.07. The van der Waals surface area contributed by atoms with Gasteiger partial charge in [-0.2, -0.15) is 0 Å². The fourth-order valence-electron chi connectivity index (χ4n) is 2.16. The Morgan fingerprint density at radius 1 is 1.38 bits per heavy atom. The third-order valence-electron chi connectivity index (χ3n) is 3.60. The number of ether oxygens (including phenoxy) is 2. The fourth-order valence-corrected chi connectivity index (χ4v) is 2.16. The minimum absolute atomic E-state index is 0.611. The van der Waals surface area contributed by atoms with Crippen LogP contribution in [0.4, 0.5) is 0 Å². The van der Waals surface area contributed by atoms with E-state index in [0.29, 0.717) is 12.6 Å². The van der Waals surface area contributed by atoms with Gasteiger partial charge in [-0.05, 0) is 18.9 Å². The number of nitrogens with one attached hydrogen (secondary N) is 1. The van der Waals surface area contributed by atoms with Crippen molar-refractivity contribution < 1.29 is 9.47 Å². The van der Waals surface area contributed by atoms with Gasteiger partial charge in [0.2, 0.25) is 0 Å². The van der Waals surface area contributed by atoms with Gasteiger partial charge >= 0.3 is 0 Å². The first-order valence-electron chi connectivity index (χ1n) is 7.34. The lowest BCUT2D eigenvalue weighted by atomic mass is 10.2. The number of methoxy groups -OCH3 is 1.